The summed E-state index contributed by atoms with van der Waals surface area (Å²) in [6.07, 6.45) is 0.188. The third-order valence-electron chi connectivity index (χ3n) is 3.57. The van der Waals surface area contributed by atoms with Gasteiger partial charge in [0.1, 0.15) is 0 Å². The molecule has 1 aliphatic rings. The Labute approximate surface area is 109 Å². The first-order valence-corrected chi connectivity index (χ1v) is 6.66. The van der Waals surface area contributed by atoms with Crippen molar-refractivity contribution < 1.29 is 9.47 Å². The van der Waals surface area contributed by atoms with E-state index in [1.54, 1.807) is 0 Å². The quantitative estimate of drug-likeness (QED) is 0.888. The lowest BCUT2D eigenvalue weighted by Crippen LogP contribution is -2.38. The minimum absolute atomic E-state index is 0.188. The van der Waals surface area contributed by atoms with Crippen molar-refractivity contribution in [3.05, 3.63) is 34.9 Å². The monoisotopic (exact) mass is 249 g/mol. The fraction of sp³-hybridized carbons (Fsp3) is 0.600. The second-order valence-corrected chi connectivity index (χ2v) is 5.04. The maximum Gasteiger partial charge on any atom is 0.0933 e. The molecular formula is C15H23NO2. The summed E-state index contributed by atoms with van der Waals surface area (Å²) >= 11 is 0. The molecule has 0 amide bonds. The first kappa shape index (κ1) is 13.5. The van der Waals surface area contributed by atoms with Gasteiger partial charge in [-0.2, -0.15) is 0 Å². The van der Waals surface area contributed by atoms with Gasteiger partial charge in [-0.15, -0.1) is 0 Å². The molecule has 1 heterocycles. The molecule has 3 heteroatoms. The van der Waals surface area contributed by atoms with E-state index < -0.39 is 0 Å². The van der Waals surface area contributed by atoms with Gasteiger partial charge in [-0.1, -0.05) is 18.2 Å². The first-order valence-electron chi connectivity index (χ1n) is 6.66. The lowest BCUT2D eigenvalue weighted by Gasteiger charge is -2.25. The van der Waals surface area contributed by atoms with Gasteiger partial charge in [-0.25, -0.2) is 0 Å². The normalized spacial score (nSPS) is 21.8. The summed E-state index contributed by atoms with van der Waals surface area (Å²) in [7, 11) is 0. The molecule has 0 aromatic heterocycles. The first-order chi connectivity index (χ1) is 8.66. The number of nitrogens with one attached hydrogen (secondary N) is 1. The Kier molecular flexibility index (Phi) is 4.75. The predicted molar refractivity (Wildman–Crippen MR) is 72.9 cm³/mol. The number of hydrogen-bond donors (Lipinski definition) is 1. The number of aryl methyl sites for hydroxylation is 2. The Morgan fingerprint density at radius 1 is 1.28 bits per heavy atom. The number of benzene rings is 1. The maximum absolute atomic E-state index is 5.62. The van der Waals surface area contributed by atoms with E-state index in [1.165, 1.54) is 16.7 Å². The number of rotatable bonds is 4. The van der Waals surface area contributed by atoms with Gasteiger partial charge in [0.15, 0.2) is 0 Å². The van der Waals surface area contributed by atoms with E-state index in [4.69, 9.17) is 9.47 Å². The molecule has 2 rings (SSSR count). The van der Waals surface area contributed by atoms with Crippen molar-refractivity contribution in [1.29, 1.82) is 0 Å². The highest BCUT2D eigenvalue weighted by Gasteiger charge is 2.15. The number of ether oxygens (including phenoxy) is 2. The summed E-state index contributed by atoms with van der Waals surface area (Å²) in [5, 5.41) is 3.51. The zero-order valence-corrected chi connectivity index (χ0v) is 11.5. The van der Waals surface area contributed by atoms with Crippen molar-refractivity contribution in [3.8, 4) is 0 Å². The van der Waals surface area contributed by atoms with Crippen LogP contribution in [0.5, 0.6) is 0 Å². The third kappa shape index (κ3) is 3.55. The van der Waals surface area contributed by atoms with Crippen LogP contribution in [0.4, 0.5) is 0 Å². The molecule has 0 radical (unpaired) electrons. The van der Waals surface area contributed by atoms with Crippen molar-refractivity contribution in [2.24, 2.45) is 0 Å². The van der Waals surface area contributed by atoms with Crippen LogP contribution >= 0.6 is 0 Å². The van der Waals surface area contributed by atoms with Crippen molar-refractivity contribution in [1.82, 2.24) is 5.32 Å². The van der Waals surface area contributed by atoms with Gasteiger partial charge in [0.05, 0.1) is 25.9 Å². The van der Waals surface area contributed by atoms with Gasteiger partial charge in [0.25, 0.3) is 0 Å². The van der Waals surface area contributed by atoms with Crippen LogP contribution in [0.25, 0.3) is 0 Å². The van der Waals surface area contributed by atoms with Gasteiger partial charge < -0.3 is 14.8 Å². The van der Waals surface area contributed by atoms with E-state index in [0.29, 0.717) is 19.3 Å². The minimum atomic E-state index is 0.188. The van der Waals surface area contributed by atoms with Crippen LogP contribution in [-0.4, -0.2) is 32.5 Å². The summed E-state index contributed by atoms with van der Waals surface area (Å²) < 4.78 is 11.0. The molecule has 0 bridgehead atoms. The third-order valence-corrected chi connectivity index (χ3v) is 3.57. The van der Waals surface area contributed by atoms with Crippen LogP contribution in [0.2, 0.25) is 0 Å². The van der Waals surface area contributed by atoms with Gasteiger partial charge in [-0.3, -0.25) is 0 Å². The second kappa shape index (κ2) is 6.32. The molecule has 1 aliphatic heterocycles. The lowest BCUT2D eigenvalue weighted by molar-refractivity contribution is -0.0869. The maximum atomic E-state index is 5.62. The standard InChI is InChI=1S/C15H23NO2/c1-11-4-5-14(8-12(11)2)13(3)16-9-15-10-17-6-7-18-15/h4-5,8,13,15-16H,6-7,9-10H2,1-3H3. The molecule has 2 unspecified atom stereocenters. The highest BCUT2D eigenvalue weighted by atomic mass is 16.6. The van der Waals surface area contributed by atoms with Crippen molar-refractivity contribution in [3.63, 3.8) is 0 Å². The van der Waals surface area contributed by atoms with Crippen LogP contribution in [0, 0.1) is 13.8 Å². The van der Waals surface area contributed by atoms with Crippen molar-refractivity contribution in [2.75, 3.05) is 26.4 Å². The van der Waals surface area contributed by atoms with Crippen LogP contribution in [0.15, 0.2) is 18.2 Å². The fourth-order valence-electron chi connectivity index (χ4n) is 2.11. The largest absolute Gasteiger partial charge is 0.376 e. The van der Waals surface area contributed by atoms with Crippen LogP contribution in [-0.2, 0) is 9.47 Å². The summed E-state index contributed by atoms with van der Waals surface area (Å²) in [4.78, 5) is 0. The van der Waals surface area contributed by atoms with Gasteiger partial charge in [-0.05, 0) is 37.5 Å². The van der Waals surface area contributed by atoms with Gasteiger partial charge in [0, 0.05) is 12.6 Å². The average Bonchev–Trinajstić information content (AvgIpc) is 2.40. The molecule has 100 valence electrons. The predicted octanol–water partition coefficient (Wildman–Crippen LogP) is 2.37. The molecule has 1 aromatic rings. The summed E-state index contributed by atoms with van der Waals surface area (Å²) in [6.45, 7) is 9.47. The molecule has 18 heavy (non-hydrogen) atoms. The zero-order chi connectivity index (χ0) is 13.0. The molecule has 1 fully saturated rings. The molecule has 3 nitrogen and oxygen atoms in total. The zero-order valence-electron chi connectivity index (χ0n) is 11.5. The van der Waals surface area contributed by atoms with E-state index >= 15 is 0 Å². The smallest absolute Gasteiger partial charge is 0.0933 e. The van der Waals surface area contributed by atoms with Crippen molar-refractivity contribution >= 4 is 0 Å². The van der Waals surface area contributed by atoms with E-state index in [-0.39, 0.29) is 6.10 Å². The fourth-order valence-corrected chi connectivity index (χ4v) is 2.11. The summed E-state index contributed by atoms with van der Waals surface area (Å²) in [5.74, 6) is 0. The SMILES string of the molecule is Cc1ccc(C(C)NCC2COCCO2)cc1C. The van der Waals surface area contributed by atoms with E-state index in [1.807, 2.05) is 0 Å². The molecular weight excluding hydrogens is 226 g/mol. The number of hydrogen-bond acceptors (Lipinski definition) is 3. The molecule has 0 spiro atoms. The Morgan fingerprint density at radius 2 is 2.11 bits per heavy atom. The minimum Gasteiger partial charge on any atom is -0.376 e. The molecule has 1 aromatic carbocycles. The van der Waals surface area contributed by atoms with Gasteiger partial charge >= 0.3 is 0 Å². The Hall–Kier alpha value is -0.900. The second-order valence-electron chi connectivity index (χ2n) is 5.04. The van der Waals surface area contributed by atoms with Crippen LogP contribution in [0.3, 0.4) is 0 Å². The Bertz CT molecular complexity index is 386. The molecule has 0 saturated carbocycles. The van der Waals surface area contributed by atoms with Crippen molar-refractivity contribution in [2.45, 2.75) is 32.9 Å². The summed E-state index contributed by atoms with van der Waals surface area (Å²) in [5.41, 5.74) is 4.02. The molecule has 0 aliphatic carbocycles. The average molecular weight is 249 g/mol. The Morgan fingerprint density at radius 3 is 2.78 bits per heavy atom. The lowest BCUT2D eigenvalue weighted by atomic mass is 10.0. The Balaban J connectivity index is 1.86. The molecule has 1 saturated heterocycles. The topological polar surface area (TPSA) is 30.5 Å². The van der Waals surface area contributed by atoms with E-state index in [2.05, 4.69) is 44.3 Å². The summed E-state index contributed by atoms with van der Waals surface area (Å²) in [6, 6.07) is 6.97. The highest BCUT2D eigenvalue weighted by Crippen LogP contribution is 2.16. The van der Waals surface area contributed by atoms with Crippen LogP contribution < -0.4 is 5.32 Å². The van der Waals surface area contributed by atoms with E-state index in [0.717, 1.165) is 13.2 Å². The molecule has 1 N–H and O–H groups in total. The highest BCUT2D eigenvalue weighted by molar-refractivity contribution is 5.31. The van der Waals surface area contributed by atoms with E-state index in [9.17, 15) is 0 Å². The van der Waals surface area contributed by atoms with Crippen LogP contribution in [0.1, 0.15) is 29.7 Å². The van der Waals surface area contributed by atoms with Gasteiger partial charge in [0.2, 0.25) is 0 Å². The molecule has 2 atom stereocenters.